The van der Waals surface area contributed by atoms with Crippen LogP contribution in [-0.4, -0.2) is 13.1 Å². The van der Waals surface area contributed by atoms with Gasteiger partial charge in [-0.3, -0.25) is 4.79 Å². The first-order chi connectivity index (χ1) is 13.5. The van der Waals surface area contributed by atoms with Crippen molar-refractivity contribution in [3.63, 3.8) is 0 Å². The molecule has 0 bridgehead atoms. The number of hydrogen-bond acceptors (Lipinski definition) is 3. The Morgan fingerprint density at radius 3 is 2.64 bits per heavy atom. The van der Waals surface area contributed by atoms with Crippen LogP contribution >= 0.6 is 0 Å². The van der Waals surface area contributed by atoms with Crippen LogP contribution in [0.3, 0.4) is 0 Å². The number of carbonyl (C=O) groups excluding carboxylic acids is 1. The molecule has 0 N–H and O–H groups in total. The van der Waals surface area contributed by atoms with Crippen LogP contribution in [0.2, 0.25) is 0 Å². The van der Waals surface area contributed by atoms with E-state index in [1.54, 1.807) is 6.07 Å². The zero-order valence-electron chi connectivity index (χ0n) is 16.3. The fourth-order valence-electron chi connectivity index (χ4n) is 3.45. The lowest BCUT2D eigenvalue weighted by Crippen LogP contribution is -2.08. The fraction of sp³-hybridized carbons (Fsp3) is 0.435. The van der Waals surface area contributed by atoms with Crippen LogP contribution in [0.4, 0.5) is 8.78 Å². The average molecular weight is 388 g/mol. The summed E-state index contributed by atoms with van der Waals surface area (Å²) in [5.41, 5.74) is 4.01. The summed E-state index contributed by atoms with van der Waals surface area (Å²) in [5.74, 6) is 0.448. The molecule has 5 heteroatoms. The molecule has 3 nitrogen and oxygen atoms in total. The highest BCUT2D eigenvalue weighted by molar-refractivity contribution is 5.69. The molecule has 0 saturated heterocycles. The van der Waals surface area contributed by atoms with Crippen molar-refractivity contribution in [2.75, 3.05) is 7.11 Å². The molecular formula is C23H26F2O3. The van der Waals surface area contributed by atoms with Crippen molar-refractivity contribution < 1.29 is 23.0 Å². The third-order valence-electron chi connectivity index (χ3n) is 5.24. The van der Waals surface area contributed by atoms with Gasteiger partial charge < -0.3 is 9.47 Å². The van der Waals surface area contributed by atoms with Crippen LogP contribution < -0.4 is 4.74 Å². The molecule has 0 atom stereocenters. The molecule has 1 saturated carbocycles. The van der Waals surface area contributed by atoms with Gasteiger partial charge in [0.05, 0.1) is 12.7 Å². The van der Waals surface area contributed by atoms with E-state index in [1.807, 2.05) is 25.1 Å². The van der Waals surface area contributed by atoms with Crippen LogP contribution in [-0.2, 0) is 29.0 Å². The Labute approximate surface area is 164 Å². The summed E-state index contributed by atoms with van der Waals surface area (Å²) < 4.78 is 37.6. The molecule has 0 radical (unpaired) electrons. The minimum absolute atomic E-state index is 0.0700. The molecule has 0 amide bonds. The van der Waals surface area contributed by atoms with E-state index in [1.165, 1.54) is 18.7 Å². The van der Waals surface area contributed by atoms with Gasteiger partial charge in [0, 0.05) is 6.42 Å². The number of methoxy groups -OCH3 is 1. The highest BCUT2D eigenvalue weighted by Crippen LogP contribution is 2.43. The SMILES string of the molecule is CCc1ccc(OCc2c(CCC(=O)OC)cccc2C2CC2)c(C(F)F)c1. The molecule has 3 rings (SSSR count). The Hall–Kier alpha value is -2.43. The van der Waals surface area contributed by atoms with Crippen molar-refractivity contribution in [3.8, 4) is 5.75 Å². The number of alkyl halides is 2. The minimum Gasteiger partial charge on any atom is -0.488 e. The fourth-order valence-corrected chi connectivity index (χ4v) is 3.45. The lowest BCUT2D eigenvalue weighted by Gasteiger charge is -2.17. The first kappa shape index (κ1) is 20.3. The molecule has 0 aromatic heterocycles. The number of rotatable bonds is 9. The predicted molar refractivity (Wildman–Crippen MR) is 104 cm³/mol. The van der Waals surface area contributed by atoms with Crippen LogP contribution in [0.1, 0.15) is 66.3 Å². The molecule has 0 heterocycles. The van der Waals surface area contributed by atoms with E-state index in [-0.39, 0.29) is 30.3 Å². The number of carbonyl (C=O) groups is 1. The third-order valence-corrected chi connectivity index (χ3v) is 5.24. The number of halogens is 2. The zero-order chi connectivity index (χ0) is 20.1. The van der Waals surface area contributed by atoms with Gasteiger partial charge in [0.15, 0.2) is 0 Å². The third kappa shape index (κ3) is 4.89. The van der Waals surface area contributed by atoms with Crippen molar-refractivity contribution in [2.24, 2.45) is 0 Å². The highest BCUT2D eigenvalue weighted by Gasteiger charge is 2.27. The Morgan fingerprint density at radius 1 is 1.21 bits per heavy atom. The van der Waals surface area contributed by atoms with Gasteiger partial charge in [-0.1, -0.05) is 31.2 Å². The largest absolute Gasteiger partial charge is 0.488 e. The maximum atomic E-state index is 13.5. The molecule has 0 spiro atoms. The molecule has 0 aliphatic heterocycles. The van der Waals surface area contributed by atoms with E-state index in [9.17, 15) is 13.6 Å². The molecule has 1 fully saturated rings. The second kappa shape index (κ2) is 9.18. The summed E-state index contributed by atoms with van der Waals surface area (Å²) in [6, 6.07) is 11.0. The van der Waals surface area contributed by atoms with Crippen LogP contribution in [0.15, 0.2) is 36.4 Å². The number of esters is 1. The predicted octanol–water partition coefficient (Wildman–Crippen LogP) is 5.75. The summed E-state index contributed by atoms with van der Waals surface area (Å²) in [7, 11) is 1.37. The van der Waals surface area contributed by atoms with Gasteiger partial charge in [0.2, 0.25) is 0 Å². The molecule has 28 heavy (non-hydrogen) atoms. The van der Waals surface area contributed by atoms with Crippen molar-refractivity contribution in [1.29, 1.82) is 0 Å². The highest BCUT2D eigenvalue weighted by atomic mass is 19.3. The number of ether oxygens (including phenoxy) is 2. The number of hydrogen-bond donors (Lipinski definition) is 0. The van der Waals surface area contributed by atoms with Crippen LogP contribution in [0, 0.1) is 0 Å². The topological polar surface area (TPSA) is 35.5 Å². The molecule has 0 unspecified atom stereocenters. The van der Waals surface area contributed by atoms with Crippen molar-refractivity contribution in [2.45, 2.75) is 58.0 Å². The van der Waals surface area contributed by atoms with E-state index in [4.69, 9.17) is 9.47 Å². The zero-order valence-corrected chi connectivity index (χ0v) is 16.3. The Bertz CT molecular complexity index is 829. The summed E-state index contributed by atoms with van der Waals surface area (Å²) in [6.07, 6.45) is 1.19. The quantitative estimate of drug-likeness (QED) is 0.513. The van der Waals surface area contributed by atoms with Gasteiger partial charge in [0.1, 0.15) is 12.4 Å². The van der Waals surface area contributed by atoms with E-state index >= 15 is 0 Å². The minimum atomic E-state index is -2.58. The monoisotopic (exact) mass is 388 g/mol. The summed E-state index contributed by atoms with van der Waals surface area (Å²) in [4.78, 5) is 11.6. The molecule has 1 aliphatic carbocycles. The van der Waals surface area contributed by atoms with Gasteiger partial charge in [-0.2, -0.15) is 0 Å². The standard InChI is InChI=1S/C23H26F2O3/c1-3-15-7-11-21(19(13-15)23(24)25)28-14-20-16(10-12-22(26)27-2)5-4-6-18(20)17-8-9-17/h4-7,11,13,17,23H,3,8-10,12,14H2,1-2H3. The smallest absolute Gasteiger partial charge is 0.305 e. The Morgan fingerprint density at radius 2 is 2.00 bits per heavy atom. The van der Waals surface area contributed by atoms with E-state index in [2.05, 4.69) is 6.07 Å². The molecule has 2 aromatic rings. The van der Waals surface area contributed by atoms with Crippen molar-refractivity contribution >= 4 is 5.97 Å². The van der Waals surface area contributed by atoms with E-state index in [0.29, 0.717) is 18.8 Å². The normalized spacial score (nSPS) is 13.6. The lowest BCUT2D eigenvalue weighted by atomic mass is 9.95. The first-order valence-corrected chi connectivity index (χ1v) is 9.74. The Kier molecular flexibility index (Phi) is 6.65. The maximum Gasteiger partial charge on any atom is 0.305 e. The van der Waals surface area contributed by atoms with Gasteiger partial charge in [-0.05, 0) is 66.0 Å². The Balaban J connectivity index is 1.84. The van der Waals surface area contributed by atoms with Crippen molar-refractivity contribution in [3.05, 3.63) is 64.2 Å². The summed E-state index contributed by atoms with van der Waals surface area (Å²) in [6.45, 7) is 2.15. The lowest BCUT2D eigenvalue weighted by molar-refractivity contribution is -0.140. The second-order valence-corrected chi connectivity index (χ2v) is 7.15. The van der Waals surface area contributed by atoms with Gasteiger partial charge in [0.25, 0.3) is 6.43 Å². The average Bonchev–Trinajstić information content (AvgIpc) is 3.55. The molecular weight excluding hydrogens is 362 g/mol. The molecule has 2 aromatic carbocycles. The number of aryl methyl sites for hydroxylation is 2. The number of benzene rings is 2. The van der Waals surface area contributed by atoms with Gasteiger partial charge in [-0.15, -0.1) is 0 Å². The second-order valence-electron chi connectivity index (χ2n) is 7.15. The van der Waals surface area contributed by atoms with E-state index in [0.717, 1.165) is 29.5 Å². The van der Waals surface area contributed by atoms with Crippen molar-refractivity contribution in [1.82, 2.24) is 0 Å². The maximum absolute atomic E-state index is 13.5. The van der Waals surface area contributed by atoms with Crippen LogP contribution in [0.5, 0.6) is 5.75 Å². The molecule has 1 aliphatic rings. The first-order valence-electron chi connectivity index (χ1n) is 9.74. The van der Waals surface area contributed by atoms with Crippen LogP contribution in [0.25, 0.3) is 0 Å². The summed E-state index contributed by atoms with van der Waals surface area (Å²) >= 11 is 0. The summed E-state index contributed by atoms with van der Waals surface area (Å²) in [5, 5.41) is 0. The molecule has 150 valence electrons. The van der Waals surface area contributed by atoms with Gasteiger partial charge in [-0.25, -0.2) is 8.78 Å². The van der Waals surface area contributed by atoms with E-state index < -0.39 is 6.43 Å². The van der Waals surface area contributed by atoms with Gasteiger partial charge >= 0.3 is 5.97 Å².